The summed E-state index contributed by atoms with van der Waals surface area (Å²) in [6, 6.07) is 8.07. The molecule has 1 amide bonds. The van der Waals surface area contributed by atoms with Gasteiger partial charge in [-0.1, -0.05) is 24.3 Å². The number of hydrogen-bond acceptors (Lipinski definition) is 2. The summed E-state index contributed by atoms with van der Waals surface area (Å²) in [6.45, 7) is 0.736. The Balaban J connectivity index is 2.14. The van der Waals surface area contributed by atoms with E-state index in [2.05, 4.69) is 6.07 Å². The highest BCUT2D eigenvalue weighted by molar-refractivity contribution is 5.97. The lowest BCUT2D eigenvalue weighted by atomic mass is 9.89. The van der Waals surface area contributed by atoms with Crippen LogP contribution in [0, 0.1) is 0 Å². The van der Waals surface area contributed by atoms with Gasteiger partial charge >= 0.3 is 0 Å². The first-order valence-corrected chi connectivity index (χ1v) is 6.38. The molecular weight excluding hydrogens is 226 g/mol. The minimum absolute atomic E-state index is 0.140. The van der Waals surface area contributed by atoms with Gasteiger partial charge in [0, 0.05) is 24.1 Å². The van der Waals surface area contributed by atoms with E-state index in [1.165, 1.54) is 5.56 Å². The first-order chi connectivity index (χ1) is 8.81. The third-order valence-electron chi connectivity index (χ3n) is 3.73. The fourth-order valence-corrected chi connectivity index (χ4v) is 2.85. The number of nitrogens with zero attached hydrogens (tertiary/aromatic N) is 1. The van der Waals surface area contributed by atoms with E-state index in [0.717, 1.165) is 48.9 Å². The van der Waals surface area contributed by atoms with E-state index < -0.39 is 0 Å². The summed E-state index contributed by atoms with van der Waals surface area (Å²) in [4.78, 5) is 25.0. The van der Waals surface area contributed by atoms with Crippen LogP contribution in [0.5, 0.6) is 0 Å². The Hall–Kier alpha value is -1.90. The number of hydrogen-bond donors (Lipinski definition) is 0. The zero-order chi connectivity index (χ0) is 12.5. The standard InChI is InChI=1S/C15H15NO2/c17-10-12-8-7-11-4-1-2-5-13(11)15(12)16-9-3-6-14(16)18/h1-2,4-5,10H,3,6-9H2. The SMILES string of the molecule is O=CC1=C(N2CCCC2=O)c2ccccc2CC1. The molecule has 1 aromatic carbocycles. The first kappa shape index (κ1) is 11.2. The number of rotatable bonds is 2. The number of aldehydes is 1. The highest BCUT2D eigenvalue weighted by Gasteiger charge is 2.29. The molecular formula is C15H15NO2. The van der Waals surface area contributed by atoms with Crippen LogP contribution in [0.3, 0.4) is 0 Å². The summed E-state index contributed by atoms with van der Waals surface area (Å²) < 4.78 is 0. The fraction of sp³-hybridized carbons (Fsp3) is 0.333. The van der Waals surface area contributed by atoms with Crippen LogP contribution in [0.2, 0.25) is 0 Å². The van der Waals surface area contributed by atoms with Gasteiger partial charge in [-0.15, -0.1) is 0 Å². The first-order valence-electron chi connectivity index (χ1n) is 6.38. The third kappa shape index (κ3) is 1.67. The molecule has 0 saturated carbocycles. The highest BCUT2D eigenvalue weighted by atomic mass is 16.2. The number of carbonyl (C=O) groups is 2. The van der Waals surface area contributed by atoms with Crippen LogP contribution < -0.4 is 0 Å². The lowest BCUT2D eigenvalue weighted by Crippen LogP contribution is -2.26. The predicted octanol–water partition coefficient (Wildman–Crippen LogP) is 2.17. The van der Waals surface area contributed by atoms with Crippen LogP contribution >= 0.6 is 0 Å². The number of benzene rings is 1. The summed E-state index contributed by atoms with van der Waals surface area (Å²) >= 11 is 0. The van der Waals surface area contributed by atoms with Gasteiger partial charge in [-0.05, 0) is 24.8 Å². The monoisotopic (exact) mass is 241 g/mol. The van der Waals surface area contributed by atoms with E-state index in [1.807, 2.05) is 18.2 Å². The lowest BCUT2D eigenvalue weighted by molar-refractivity contribution is -0.124. The maximum Gasteiger partial charge on any atom is 0.227 e. The minimum atomic E-state index is 0.140. The average molecular weight is 241 g/mol. The number of aryl methyl sites for hydroxylation is 1. The molecule has 92 valence electrons. The second kappa shape index (κ2) is 4.41. The molecule has 3 rings (SSSR count). The summed E-state index contributed by atoms with van der Waals surface area (Å²) in [6.07, 6.45) is 4.01. The van der Waals surface area contributed by atoms with Gasteiger partial charge in [-0.25, -0.2) is 0 Å². The van der Waals surface area contributed by atoms with Gasteiger partial charge in [-0.2, -0.15) is 0 Å². The zero-order valence-electron chi connectivity index (χ0n) is 10.2. The van der Waals surface area contributed by atoms with E-state index in [-0.39, 0.29) is 5.91 Å². The van der Waals surface area contributed by atoms with Gasteiger partial charge < -0.3 is 4.90 Å². The Morgan fingerprint density at radius 2 is 1.94 bits per heavy atom. The lowest BCUT2D eigenvalue weighted by Gasteiger charge is -2.27. The van der Waals surface area contributed by atoms with Crippen LogP contribution in [-0.4, -0.2) is 23.6 Å². The number of carbonyl (C=O) groups excluding carboxylic acids is 2. The smallest absolute Gasteiger partial charge is 0.227 e. The van der Waals surface area contributed by atoms with Gasteiger partial charge in [0.25, 0.3) is 0 Å². The van der Waals surface area contributed by atoms with Gasteiger partial charge in [0.15, 0.2) is 0 Å². The van der Waals surface area contributed by atoms with Gasteiger partial charge in [0.1, 0.15) is 6.29 Å². The van der Waals surface area contributed by atoms with Gasteiger partial charge in [0.2, 0.25) is 5.91 Å². The fourth-order valence-electron chi connectivity index (χ4n) is 2.85. The van der Waals surface area contributed by atoms with Crippen molar-refractivity contribution >= 4 is 17.9 Å². The molecule has 1 saturated heterocycles. The van der Waals surface area contributed by atoms with Crippen molar-refractivity contribution in [1.29, 1.82) is 0 Å². The van der Waals surface area contributed by atoms with Gasteiger partial charge in [-0.3, -0.25) is 9.59 Å². The van der Waals surface area contributed by atoms with Crippen molar-refractivity contribution in [3.05, 3.63) is 41.0 Å². The molecule has 0 N–H and O–H groups in total. The van der Waals surface area contributed by atoms with Crippen molar-refractivity contribution < 1.29 is 9.59 Å². The molecule has 0 atom stereocenters. The Kier molecular flexibility index (Phi) is 2.74. The van der Waals surface area contributed by atoms with Crippen LogP contribution in [0.4, 0.5) is 0 Å². The Morgan fingerprint density at radius 1 is 1.11 bits per heavy atom. The number of amides is 1. The minimum Gasteiger partial charge on any atom is -0.311 e. The van der Waals surface area contributed by atoms with Gasteiger partial charge in [0.05, 0.1) is 5.70 Å². The molecule has 1 aliphatic carbocycles. The van der Waals surface area contributed by atoms with Crippen LogP contribution in [0.15, 0.2) is 29.8 Å². The van der Waals surface area contributed by atoms with Crippen LogP contribution in [0.25, 0.3) is 5.70 Å². The number of fused-ring (bicyclic) bond motifs is 1. The molecule has 1 aliphatic heterocycles. The molecule has 0 aromatic heterocycles. The van der Waals surface area contributed by atoms with E-state index in [1.54, 1.807) is 4.90 Å². The predicted molar refractivity (Wildman–Crippen MR) is 68.7 cm³/mol. The zero-order valence-corrected chi connectivity index (χ0v) is 10.2. The largest absolute Gasteiger partial charge is 0.311 e. The molecule has 2 aliphatic rings. The van der Waals surface area contributed by atoms with E-state index in [4.69, 9.17) is 0 Å². The molecule has 1 aromatic rings. The van der Waals surface area contributed by atoms with Crippen molar-refractivity contribution in [1.82, 2.24) is 4.90 Å². The second-order valence-electron chi connectivity index (χ2n) is 4.80. The Morgan fingerprint density at radius 3 is 2.67 bits per heavy atom. The Bertz CT molecular complexity index is 545. The molecule has 0 radical (unpaired) electrons. The number of likely N-dealkylation sites (tertiary alicyclic amines) is 1. The third-order valence-corrected chi connectivity index (χ3v) is 3.73. The molecule has 0 spiro atoms. The topological polar surface area (TPSA) is 37.4 Å². The van der Waals surface area contributed by atoms with Crippen molar-refractivity contribution in [2.45, 2.75) is 25.7 Å². The van der Waals surface area contributed by atoms with E-state index >= 15 is 0 Å². The molecule has 0 unspecified atom stereocenters. The second-order valence-corrected chi connectivity index (χ2v) is 4.80. The molecule has 18 heavy (non-hydrogen) atoms. The van der Waals surface area contributed by atoms with E-state index in [9.17, 15) is 9.59 Å². The summed E-state index contributed by atoms with van der Waals surface area (Å²) in [5.74, 6) is 0.140. The molecule has 1 heterocycles. The van der Waals surface area contributed by atoms with E-state index in [0.29, 0.717) is 6.42 Å². The van der Waals surface area contributed by atoms with Crippen LogP contribution in [0.1, 0.15) is 30.4 Å². The summed E-state index contributed by atoms with van der Waals surface area (Å²) in [7, 11) is 0. The van der Waals surface area contributed by atoms with Crippen molar-refractivity contribution in [2.75, 3.05) is 6.54 Å². The van der Waals surface area contributed by atoms with Crippen LogP contribution in [-0.2, 0) is 16.0 Å². The number of allylic oxidation sites excluding steroid dienone is 1. The molecule has 0 bridgehead atoms. The van der Waals surface area contributed by atoms with Crippen molar-refractivity contribution in [3.8, 4) is 0 Å². The molecule has 1 fully saturated rings. The molecule has 3 heteroatoms. The summed E-state index contributed by atoms with van der Waals surface area (Å²) in [5, 5.41) is 0. The molecule has 3 nitrogen and oxygen atoms in total. The maximum absolute atomic E-state index is 11.9. The maximum atomic E-state index is 11.9. The highest BCUT2D eigenvalue weighted by Crippen LogP contribution is 2.35. The normalized spacial score (nSPS) is 19.1. The van der Waals surface area contributed by atoms with Crippen molar-refractivity contribution in [3.63, 3.8) is 0 Å². The Labute approximate surface area is 106 Å². The quantitative estimate of drug-likeness (QED) is 0.744. The van der Waals surface area contributed by atoms with Crippen molar-refractivity contribution in [2.24, 2.45) is 0 Å². The average Bonchev–Trinajstić information content (AvgIpc) is 2.83. The summed E-state index contributed by atoms with van der Waals surface area (Å²) in [5.41, 5.74) is 3.91.